The Morgan fingerprint density at radius 3 is 2.53 bits per heavy atom. The molecule has 112 valence electrons. The van der Waals surface area contributed by atoms with Crippen molar-refractivity contribution in [3.05, 3.63) is 0 Å². The Bertz CT molecular complexity index is 239. The van der Waals surface area contributed by atoms with Crippen molar-refractivity contribution in [3.63, 3.8) is 0 Å². The van der Waals surface area contributed by atoms with E-state index in [0.717, 1.165) is 65.2 Å². The number of carbonyl (C=O) groups excluding carboxylic acids is 1. The fourth-order valence-corrected chi connectivity index (χ4v) is 2.29. The number of hydrogen-bond donors (Lipinski definition) is 2. The minimum atomic E-state index is -0.0361. The average Bonchev–Trinajstić information content (AvgIpc) is 2.46. The van der Waals surface area contributed by atoms with Gasteiger partial charge in [-0.1, -0.05) is 13.8 Å². The van der Waals surface area contributed by atoms with Crippen LogP contribution >= 0.6 is 0 Å². The molecule has 1 fully saturated rings. The normalized spacial score (nSPS) is 16.6. The van der Waals surface area contributed by atoms with E-state index in [1.807, 2.05) is 0 Å². The number of carbonyl (C=O) groups is 1. The number of nitrogens with one attached hydrogen (secondary N) is 2. The molecule has 1 rings (SSSR count). The minimum absolute atomic E-state index is 0.0361. The molecule has 0 spiro atoms. The predicted octanol–water partition coefficient (Wildman–Crippen LogP) is 1.44. The van der Waals surface area contributed by atoms with Crippen molar-refractivity contribution in [2.45, 2.75) is 33.1 Å². The van der Waals surface area contributed by atoms with Crippen LogP contribution in [0.25, 0.3) is 0 Å². The standard InChI is InChI=1S/C14H29N3O2/c1-3-17(4-2)9-5-8-15-14(18)16-12-13-6-10-19-11-7-13/h13H,3-12H2,1-2H3,(H2,15,16,18). The molecule has 2 N–H and O–H groups in total. The highest BCUT2D eigenvalue weighted by Gasteiger charge is 2.14. The van der Waals surface area contributed by atoms with E-state index in [4.69, 9.17) is 4.74 Å². The Balaban J connectivity index is 1.98. The van der Waals surface area contributed by atoms with Gasteiger partial charge in [0.2, 0.25) is 0 Å². The van der Waals surface area contributed by atoms with Crippen molar-refractivity contribution in [1.29, 1.82) is 0 Å². The van der Waals surface area contributed by atoms with E-state index < -0.39 is 0 Å². The molecule has 1 saturated heterocycles. The van der Waals surface area contributed by atoms with Crippen LogP contribution in [0.5, 0.6) is 0 Å². The number of nitrogens with zero attached hydrogens (tertiary/aromatic N) is 1. The van der Waals surface area contributed by atoms with Gasteiger partial charge in [-0.25, -0.2) is 4.79 Å². The van der Waals surface area contributed by atoms with Gasteiger partial charge >= 0.3 is 6.03 Å². The smallest absolute Gasteiger partial charge is 0.314 e. The molecule has 0 unspecified atom stereocenters. The molecule has 1 aliphatic rings. The maximum Gasteiger partial charge on any atom is 0.314 e. The lowest BCUT2D eigenvalue weighted by Gasteiger charge is -2.22. The second-order valence-electron chi connectivity index (χ2n) is 5.07. The van der Waals surface area contributed by atoms with Gasteiger partial charge in [0.15, 0.2) is 0 Å². The molecule has 2 amide bonds. The third kappa shape index (κ3) is 7.38. The van der Waals surface area contributed by atoms with Crippen molar-refractivity contribution < 1.29 is 9.53 Å². The predicted molar refractivity (Wildman–Crippen MR) is 77.3 cm³/mol. The number of urea groups is 1. The molecule has 0 aromatic carbocycles. The van der Waals surface area contributed by atoms with Crippen LogP contribution < -0.4 is 10.6 Å². The van der Waals surface area contributed by atoms with Gasteiger partial charge in [-0.3, -0.25) is 0 Å². The molecule has 0 bridgehead atoms. The third-order valence-electron chi connectivity index (χ3n) is 3.72. The molecule has 0 radical (unpaired) electrons. The highest BCUT2D eigenvalue weighted by atomic mass is 16.5. The van der Waals surface area contributed by atoms with E-state index in [1.54, 1.807) is 0 Å². The summed E-state index contributed by atoms with van der Waals surface area (Å²) < 4.78 is 5.30. The lowest BCUT2D eigenvalue weighted by atomic mass is 10.0. The van der Waals surface area contributed by atoms with Gasteiger partial charge in [0, 0.05) is 26.3 Å². The summed E-state index contributed by atoms with van der Waals surface area (Å²) in [4.78, 5) is 14.0. The minimum Gasteiger partial charge on any atom is -0.381 e. The monoisotopic (exact) mass is 271 g/mol. The second kappa shape index (κ2) is 10.0. The Hall–Kier alpha value is -0.810. The zero-order valence-corrected chi connectivity index (χ0v) is 12.4. The molecule has 1 aliphatic heterocycles. The Morgan fingerprint density at radius 2 is 1.89 bits per heavy atom. The fraction of sp³-hybridized carbons (Fsp3) is 0.929. The van der Waals surface area contributed by atoms with Gasteiger partial charge in [0.1, 0.15) is 0 Å². The van der Waals surface area contributed by atoms with Gasteiger partial charge in [0.05, 0.1) is 0 Å². The van der Waals surface area contributed by atoms with Crippen LogP contribution in [-0.2, 0) is 4.74 Å². The van der Waals surface area contributed by atoms with Crippen LogP contribution in [-0.4, -0.2) is 56.9 Å². The highest BCUT2D eigenvalue weighted by Crippen LogP contribution is 2.12. The van der Waals surface area contributed by atoms with Gasteiger partial charge in [0.25, 0.3) is 0 Å². The number of hydrogen-bond acceptors (Lipinski definition) is 3. The second-order valence-corrected chi connectivity index (χ2v) is 5.07. The topological polar surface area (TPSA) is 53.6 Å². The number of amides is 2. The van der Waals surface area contributed by atoms with Crippen LogP contribution in [0, 0.1) is 5.92 Å². The summed E-state index contributed by atoms with van der Waals surface area (Å²) >= 11 is 0. The summed E-state index contributed by atoms with van der Waals surface area (Å²) in [5.41, 5.74) is 0. The molecule has 19 heavy (non-hydrogen) atoms. The van der Waals surface area contributed by atoms with E-state index in [1.165, 1.54) is 0 Å². The Labute approximate surface area is 117 Å². The maximum absolute atomic E-state index is 11.6. The molecule has 1 heterocycles. The molecule has 5 heteroatoms. The molecule has 0 aliphatic carbocycles. The van der Waals surface area contributed by atoms with Crippen LogP contribution in [0.15, 0.2) is 0 Å². The molecule has 0 aromatic heterocycles. The van der Waals surface area contributed by atoms with Crippen molar-refractivity contribution in [3.8, 4) is 0 Å². The van der Waals surface area contributed by atoms with Gasteiger partial charge in [-0.05, 0) is 44.8 Å². The highest BCUT2D eigenvalue weighted by molar-refractivity contribution is 5.73. The molecule has 0 atom stereocenters. The van der Waals surface area contributed by atoms with Crippen molar-refractivity contribution in [1.82, 2.24) is 15.5 Å². The summed E-state index contributed by atoms with van der Waals surface area (Å²) in [6.07, 6.45) is 3.12. The summed E-state index contributed by atoms with van der Waals surface area (Å²) in [7, 11) is 0. The van der Waals surface area contributed by atoms with E-state index in [9.17, 15) is 4.79 Å². The summed E-state index contributed by atoms with van der Waals surface area (Å²) in [5, 5.41) is 5.87. The molecule has 0 aromatic rings. The van der Waals surface area contributed by atoms with Crippen molar-refractivity contribution in [2.24, 2.45) is 5.92 Å². The quantitative estimate of drug-likeness (QED) is 0.657. The first kappa shape index (κ1) is 16.2. The van der Waals surface area contributed by atoms with E-state index in [0.29, 0.717) is 5.92 Å². The van der Waals surface area contributed by atoms with Gasteiger partial charge < -0.3 is 20.3 Å². The van der Waals surface area contributed by atoms with Crippen molar-refractivity contribution in [2.75, 3.05) is 45.9 Å². The first-order valence-electron chi connectivity index (χ1n) is 7.58. The SMILES string of the molecule is CCN(CC)CCCNC(=O)NCC1CCOCC1. The zero-order valence-electron chi connectivity index (χ0n) is 12.4. The average molecular weight is 271 g/mol. The first-order valence-corrected chi connectivity index (χ1v) is 7.58. The fourth-order valence-electron chi connectivity index (χ4n) is 2.29. The first-order chi connectivity index (χ1) is 9.26. The Kier molecular flexibility index (Phi) is 8.58. The molecular formula is C14H29N3O2. The lowest BCUT2D eigenvalue weighted by Crippen LogP contribution is -2.40. The van der Waals surface area contributed by atoms with E-state index >= 15 is 0 Å². The van der Waals surface area contributed by atoms with Gasteiger partial charge in [-0.15, -0.1) is 0 Å². The molecule has 0 saturated carbocycles. The van der Waals surface area contributed by atoms with Gasteiger partial charge in [-0.2, -0.15) is 0 Å². The summed E-state index contributed by atoms with van der Waals surface area (Å²) in [5.74, 6) is 0.579. The van der Waals surface area contributed by atoms with Crippen LogP contribution in [0.1, 0.15) is 33.1 Å². The largest absolute Gasteiger partial charge is 0.381 e. The Morgan fingerprint density at radius 1 is 1.21 bits per heavy atom. The van der Waals surface area contributed by atoms with Crippen LogP contribution in [0.4, 0.5) is 4.79 Å². The van der Waals surface area contributed by atoms with Crippen LogP contribution in [0.2, 0.25) is 0 Å². The summed E-state index contributed by atoms with van der Waals surface area (Å²) in [6.45, 7) is 10.7. The zero-order chi connectivity index (χ0) is 13.9. The lowest BCUT2D eigenvalue weighted by molar-refractivity contribution is 0.0669. The maximum atomic E-state index is 11.6. The number of ether oxygens (including phenoxy) is 1. The molecular weight excluding hydrogens is 242 g/mol. The van der Waals surface area contributed by atoms with Crippen molar-refractivity contribution >= 4 is 6.03 Å². The number of rotatable bonds is 8. The van der Waals surface area contributed by atoms with E-state index in [2.05, 4.69) is 29.4 Å². The molecule has 5 nitrogen and oxygen atoms in total. The van der Waals surface area contributed by atoms with E-state index in [-0.39, 0.29) is 6.03 Å². The van der Waals surface area contributed by atoms with Crippen LogP contribution in [0.3, 0.4) is 0 Å². The summed E-state index contributed by atoms with van der Waals surface area (Å²) in [6, 6.07) is -0.0361. The third-order valence-corrected chi connectivity index (χ3v) is 3.72.